The highest BCUT2D eigenvalue weighted by Gasteiger charge is 2.40. The van der Waals surface area contributed by atoms with Crippen LogP contribution in [0.2, 0.25) is 0 Å². The minimum Gasteiger partial charge on any atom is -0.480 e. The number of methoxy groups -OCH3 is 5. The molecule has 8 N–H and O–H groups in total. The van der Waals surface area contributed by atoms with Crippen LogP contribution in [0.1, 0.15) is 58.3 Å². The molecule has 2 amide bonds. The molecule has 0 aliphatic carbocycles. The average Bonchev–Trinajstić information content (AvgIpc) is 3.10. The molecule has 53 heavy (non-hydrogen) atoms. The summed E-state index contributed by atoms with van der Waals surface area (Å²) in [5.74, 6) is -5.53. The third kappa shape index (κ3) is 32.7. The number of hydrogen-bond acceptors (Lipinski definition) is 16. The summed E-state index contributed by atoms with van der Waals surface area (Å²) in [5, 5.41) is 21.3. The van der Waals surface area contributed by atoms with Gasteiger partial charge in [0, 0.05) is 52.9 Å². The number of carbonyl (C=O) groups is 5. The molecule has 0 aliphatic heterocycles. The number of ether oxygens (including phenoxy) is 5. The van der Waals surface area contributed by atoms with Crippen LogP contribution in [-0.2, 0) is 57.4 Å². The lowest BCUT2D eigenvalue weighted by Gasteiger charge is -2.15. The normalized spacial score (nSPS) is 13.4. The van der Waals surface area contributed by atoms with Gasteiger partial charge in [0.05, 0.1) is 20.8 Å². The number of nitrogens with one attached hydrogen (secondary N) is 2. The molecule has 18 nitrogen and oxygen atoms in total. The van der Waals surface area contributed by atoms with Gasteiger partial charge in [0.2, 0.25) is 5.91 Å². The third-order valence-electron chi connectivity index (χ3n) is 6.52. The zero-order chi connectivity index (χ0) is 41.4. The Labute approximate surface area is 315 Å². The van der Waals surface area contributed by atoms with Gasteiger partial charge >= 0.3 is 30.0 Å². The van der Waals surface area contributed by atoms with Crippen LogP contribution in [0.15, 0.2) is 0 Å². The maximum atomic E-state index is 12.1. The maximum Gasteiger partial charge on any atom is 0.471 e. The Bertz CT molecular complexity index is 1000. The third-order valence-corrected chi connectivity index (χ3v) is 9.00. The van der Waals surface area contributed by atoms with Crippen molar-refractivity contribution in [1.29, 1.82) is 0 Å². The monoisotopic (exact) mass is 818 g/mol. The minimum absolute atomic E-state index is 0.00399. The number of carbonyl (C=O) groups excluding carboxylic acids is 3. The largest absolute Gasteiger partial charge is 0.480 e. The summed E-state index contributed by atoms with van der Waals surface area (Å²) in [4.78, 5) is 63.4. The van der Waals surface area contributed by atoms with Crippen molar-refractivity contribution in [3.63, 3.8) is 0 Å². The summed E-state index contributed by atoms with van der Waals surface area (Å²) in [6, 6.07) is -3.27. The summed E-state index contributed by atoms with van der Waals surface area (Å²) in [6.45, 7) is 1.60. The quantitative estimate of drug-likeness (QED) is 0.0172. The number of carboxylic acids is 2. The molecule has 0 fully saturated rings. The first-order valence-corrected chi connectivity index (χ1v) is 18.5. The number of nitrogens with two attached hydrogens (primary N) is 2. The van der Waals surface area contributed by atoms with E-state index < -0.39 is 48.1 Å². The van der Waals surface area contributed by atoms with Crippen molar-refractivity contribution >= 4 is 51.3 Å². The van der Waals surface area contributed by atoms with Crippen LogP contribution >= 0.6 is 21.6 Å². The van der Waals surface area contributed by atoms with Crippen molar-refractivity contribution in [2.45, 2.75) is 101 Å². The lowest BCUT2D eigenvalue weighted by molar-refractivity contribution is -0.275. The lowest BCUT2D eigenvalue weighted by atomic mass is 10.1. The van der Waals surface area contributed by atoms with Crippen molar-refractivity contribution in [3.8, 4) is 0 Å². The Hall–Kier alpha value is -2.48. The van der Waals surface area contributed by atoms with Gasteiger partial charge in [-0.05, 0) is 51.4 Å². The number of carboxylic acid groups (broad SMARTS) is 2. The Morgan fingerprint density at radius 1 is 0.698 bits per heavy atom. The molecular weight excluding hydrogens is 761 g/mol. The topological polar surface area (TPSA) is 267 Å². The van der Waals surface area contributed by atoms with Gasteiger partial charge in [-0.1, -0.05) is 21.6 Å². The molecule has 0 aromatic carbocycles. The minimum atomic E-state index is -5.16. The number of hydrogen-bond donors (Lipinski definition) is 6. The van der Waals surface area contributed by atoms with E-state index in [0.717, 1.165) is 42.9 Å². The summed E-state index contributed by atoms with van der Waals surface area (Å²) in [5.41, 5.74) is 11.3. The molecular formula is C30H57F3N4O14S2. The van der Waals surface area contributed by atoms with Gasteiger partial charge in [-0.15, -0.1) is 0 Å². The number of aliphatic carboxylic acids is 2. The van der Waals surface area contributed by atoms with Gasteiger partial charge in [-0.3, -0.25) is 14.4 Å². The Balaban J connectivity index is -0.000000762. The second-order valence-electron chi connectivity index (χ2n) is 10.7. The number of rotatable bonds is 27. The molecule has 0 aromatic heterocycles. The summed E-state index contributed by atoms with van der Waals surface area (Å²) in [7, 11) is 11.5. The first-order valence-electron chi connectivity index (χ1n) is 16.0. The van der Waals surface area contributed by atoms with Gasteiger partial charge in [-0.25, -0.2) is 19.4 Å². The number of halogens is 3. The molecule has 0 saturated carbocycles. The van der Waals surface area contributed by atoms with E-state index in [1.54, 1.807) is 28.4 Å². The number of amides is 2. The van der Waals surface area contributed by atoms with E-state index in [4.69, 9.17) is 45.5 Å². The lowest BCUT2D eigenvalue weighted by Crippen LogP contribution is -2.47. The van der Waals surface area contributed by atoms with E-state index in [-0.39, 0.29) is 43.2 Å². The predicted molar refractivity (Wildman–Crippen MR) is 189 cm³/mol. The van der Waals surface area contributed by atoms with Crippen LogP contribution in [-0.4, -0.2) is 144 Å². The highest BCUT2D eigenvalue weighted by Crippen LogP contribution is 2.24. The summed E-state index contributed by atoms with van der Waals surface area (Å²) in [6.07, 6.45) is -0.907. The van der Waals surface area contributed by atoms with Gasteiger partial charge in [-0.2, -0.15) is 13.2 Å². The van der Waals surface area contributed by atoms with Crippen LogP contribution in [0, 0.1) is 0 Å². The standard InChI is InChI=1S/C12H17F3N2O6S2.C9H21NO4.C9H19NO4/c1-6(18)16-7(9(19)20)2-4-24-25-5-3-8(10(21)22)17-11(23)12(13,14)15;1-11-9(12-2)6-4-5-8(10)7-14-13-3;1-12-8(13-2)6-4-5-7(10)9(11)14-3/h7-8H,2-5H2,1H3,(H,16,18)(H,17,23)(H,19,20)(H,21,22);8-9H,4-7,10H2,1-3H3;7-8H,4-6,10H2,1-3H3/t;8-;/m.0./s1. The molecule has 0 rings (SSSR count). The second kappa shape index (κ2) is 34.0. The molecule has 0 spiro atoms. The Kier molecular flexibility index (Phi) is 35.2. The van der Waals surface area contributed by atoms with Crippen molar-refractivity contribution in [1.82, 2.24) is 10.6 Å². The molecule has 0 radical (unpaired) electrons. The predicted octanol–water partition coefficient (Wildman–Crippen LogP) is 1.83. The van der Waals surface area contributed by atoms with E-state index in [1.807, 2.05) is 0 Å². The Morgan fingerprint density at radius 3 is 1.49 bits per heavy atom. The first-order chi connectivity index (χ1) is 24.8. The summed E-state index contributed by atoms with van der Waals surface area (Å²) >= 11 is 0. The molecule has 0 bridgehead atoms. The Morgan fingerprint density at radius 2 is 1.13 bits per heavy atom. The van der Waals surface area contributed by atoms with E-state index in [0.29, 0.717) is 18.8 Å². The van der Waals surface area contributed by atoms with E-state index in [1.165, 1.54) is 37.3 Å². The first kappa shape index (κ1) is 54.9. The molecule has 4 atom stereocenters. The molecule has 0 saturated heterocycles. The van der Waals surface area contributed by atoms with Crippen molar-refractivity contribution < 1.29 is 80.8 Å². The fourth-order valence-corrected chi connectivity index (χ4v) is 5.86. The van der Waals surface area contributed by atoms with Crippen LogP contribution in [0.25, 0.3) is 0 Å². The molecule has 314 valence electrons. The van der Waals surface area contributed by atoms with Crippen LogP contribution in [0.3, 0.4) is 0 Å². The second-order valence-corrected chi connectivity index (χ2v) is 13.4. The molecule has 0 heterocycles. The van der Waals surface area contributed by atoms with Crippen molar-refractivity contribution in [2.24, 2.45) is 11.5 Å². The fourth-order valence-electron chi connectivity index (χ4n) is 3.67. The highest BCUT2D eigenvalue weighted by atomic mass is 33.1. The zero-order valence-corrected chi connectivity index (χ0v) is 32.8. The molecule has 0 aromatic rings. The molecule has 0 aliphatic rings. The van der Waals surface area contributed by atoms with E-state index >= 15 is 0 Å². The number of esters is 1. The fraction of sp³-hybridized carbons (Fsp3) is 0.833. The van der Waals surface area contributed by atoms with Gasteiger partial charge in [0.15, 0.2) is 12.6 Å². The smallest absolute Gasteiger partial charge is 0.471 e. The van der Waals surface area contributed by atoms with E-state index in [2.05, 4.69) is 14.9 Å². The van der Waals surface area contributed by atoms with Gasteiger partial charge in [0.25, 0.3) is 0 Å². The average molecular weight is 819 g/mol. The maximum absolute atomic E-state index is 12.1. The highest BCUT2D eigenvalue weighted by molar-refractivity contribution is 8.76. The zero-order valence-electron chi connectivity index (χ0n) is 31.1. The molecule has 3 unspecified atom stereocenters. The van der Waals surface area contributed by atoms with Crippen LogP contribution in [0.5, 0.6) is 0 Å². The van der Waals surface area contributed by atoms with E-state index in [9.17, 15) is 37.1 Å². The van der Waals surface area contributed by atoms with Crippen molar-refractivity contribution in [3.05, 3.63) is 0 Å². The SMILES string of the molecule is CC(=O)NC(CCSSCCC(NC(=O)C(F)(F)F)C(=O)O)C(=O)O.COC(=O)C(N)CCCC(OC)OC.COOC[C@@H](N)CCCC(OC)OC. The van der Waals surface area contributed by atoms with Crippen LogP contribution < -0.4 is 22.1 Å². The van der Waals surface area contributed by atoms with Crippen molar-refractivity contribution in [2.75, 3.05) is 60.8 Å². The van der Waals surface area contributed by atoms with Gasteiger partial charge in [0.1, 0.15) is 18.1 Å². The molecule has 23 heteroatoms. The number of alkyl halides is 3. The van der Waals surface area contributed by atoms with Crippen LogP contribution in [0.4, 0.5) is 13.2 Å². The summed E-state index contributed by atoms with van der Waals surface area (Å²) < 4.78 is 60.9. The van der Waals surface area contributed by atoms with Gasteiger partial charge < -0.3 is 56.0 Å².